The average molecular weight is 222 g/mol. The number of carbonyl (C=O) groups excluding carboxylic acids is 1. The molecule has 1 saturated heterocycles. The van der Waals surface area contributed by atoms with E-state index in [-0.39, 0.29) is 11.8 Å². The fourth-order valence-corrected chi connectivity index (χ4v) is 2.19. The smallest absolute Gasteiger partial charge is 0.314 e. The van der Waals surface area contributed by atoms with E-state index < -0.39 is 0 Å². The monoisotopic (exact) mass is 222 g/mol. The molecule has 1 heterocycles. The molecule has 1 aromatic rings. The third-order valence-corrected chi connectivity index (χ3v) is 3.13. The van der Waals surface area contributed by atoms with E-state index in [0.29, 0.717) is 19.0 Å². The van der Waals surface area contributed by atoms with Gasteiger partial charge in [0.1, 0.15) is 5.82 Å². The van der Waals surface area contributed by atoms with E-state index in [9.17, 15) is 9.18 Å². The Labute approximate surface area is 94.0 Å². The fraction of sp³-hybridized carbons (Fsp3) is 0.417. The van der Waals surface area contributed by atoms with Crippen LogP contribution in [0.25, 0.3) is 0 Å². The normalized spacial score (nSPS) is 17.4. The molecule has 2 rings (SSSR count). The number of hydrogen-bond acceptors (Lipinski definition) is 1. The first-order chi connectivity index (χ1) is 7.66. The van der Waals surface area contributed by atoms with Crippen LogP contribution >= 0.6 is 0 Å². The molecule has 1 aliphatic heterocycles. The zero-order valence-corrected chi connectivity index (χ0v) is 9.03. The average Bonchev–Trinajstić information content (AvgIpc) is 2.29. The van der Waals surface area contributed by atoms with Crippen molar-refractivity contribution in [3.63, 3.8) is 0 Å². The minimum absolute atomic E-state index is 0.199. The molecule has 0 spiro atoms. The molecule has 0 aliphatic carbocycles. The van der Waals surface area contributed by atoms with Crippen LogP contribution in [0.15, 0.2) is 24.3 Å². The third-order valence-electron chi connectivity index (χ3n) is 3.13. The first-order valence-corrected chi connectivity index (χ1v) is 5.46. The van der Waals surface area contributed by atoms with Crippen LogP contribution in [0, 0.1) is 5.82 Å². The molecule has 16 heavy (non-hydrogen) atoms. The van der Waals surface area contributed by atoms with Crippen molar-refractivity contribution in [3.05, 3.63) is 35.6 Å². The van der Waals surface area contributed by atoms with Crippen LogP contribution in [-0.4, -0.2) is 24.0 Å². The van der Waals surface area contributed by atoms with Crippen LogP contribution in [0.1, 0.15) is 24.3 Å². The number of carbonyl (C=O) groups is 1. The van der Waals surface area contributed by atoms with Gasteiger partial charge in [0, 0.05) is 13.1 Å². The van der Waals surface area contributed by atoms with E-state index in [2.05, 4.69) is 0 Å². The molecule has 0 bridgehead atoms. The van der Waals surface area contributed by atoms with Crippen molar-refractivity contribution in [3.8, 4) is 0 Å². The molecular weight excluding hydrogens is 207 g/mol. The minimum Gasteiger partial charge on any atom is -0.351 e. The van der Waals surface area contributed by atoms with Crippen LogP contribution < -0.4 is 5.73 Å². The van der Waals surface area contributed by atoms with Gasteiger partial charge in [0.25, 0.3) is 0 Å². The predicted octanol–water partition coefficient (Wildman–Crippen LogP) is 2.08. The molecule has 1 aliphatic rings. The van der Waals surface area contributed by atoms with Gasteiger partial charge in [-0.05, 0) is 36.5 Å². The first-order valence-electron chi connectivity index (χ1n) is 5.46. The zero-order valence-electron chi connectivity index (χ0n) is 9.03. The Balaban J connectivity index is 2.01. The van der Waals surface area contributed by atoms with Gasteiger partial charge in [0.2, 0.25) is 0 Å². The van der Waals surface area contributed by atoms with Gasteiger partial charge in [-0.25, -0.2) is 9.18 Å². The highest BCUT2D eigenvalue weighted by Crippen LogP contribution is 2.28. The van der Waals surface area contributed by atoms with Crippen molar-refractivity contribution >= 4 is 6.03 Å². The van der Waals surface area contributed by atoms with Gasteiger partial charge in [-0.1, -0.05) is 12.1 Å². The van der Waals surface area contributed by atoms with Gasteiger partial charge in [-0.3, -0.25) is 0 Å². The second kappa shape index (κ2) is 4.51. The van der Waals surface area contributed by atoms with Gasteiger partial charge in [0.05, 0.1) is 0 Å². The summed E-state index contributed by atoms with van der Waals surface area (Å²) in [5.41, 5.74) is 6.22. The summed E-state index contributed by atoms with van der Waals surface area (Å²) >= 11 is 0. The molecular formula is C12H15FN2O. The predicted molar refractivity (Wildman–Crippen MR) is 59.5 cm³/mol. The Morgan fingerprint density at radius 2 is 2.06 bits per heavy atom. The van der Waals surface area contributed by atoms with Crippen LogP contribution in [-0.2, 0) is 0 Å². The Bertz CT molecular complexity index is 386. The zero-order chi connectivity index (χ0) is 11.5. The van der Waals surface area contributed by atoms with E-state index in [1.54, 1.807) is 17.0 Å². The van der Waals surface area contributed by atoms with Crippen LogP contribution in [0.5, 0.6) is 0 Å². The minimum atomic E-state index is -0.363. The van der Waals surface area contributed by atoms with Gasteiger partial charge in [0.15, 0.2) is 0 Å². The number of benzene rings is 1. The lowest BCUT2D eigenvalue weighted by Crippen LogP contribution is -2.41. The van der Waals surface area contributed by atoms with Crippen molar-refractivity contribution in [1.29, 1.82) is 0 Å². The Morgan fingerprint density at radius 3 is 2.62 bits per heavy atom. The largest absolute Gasteiger partial charge is 0.351 e. The second-order valence-electron chi connectivity index (χ2n) is 4.15. The third kappa shape index (κ3) is 2.32. The summed E-state index contributed by atoms with van der Waals surface area (Å²) < 4.78 is 13.0. The first kappa shape index (κ1) is 10.9. The Morgan fingerprint density at radius 1 is 1.38 bits per heavy atom. The number of urea groups is 1. The number of nitrogens with two attached hydrogens (primary N) is 1. The molecule has 0 unspecified atom stereocenters. The SMILES string of the molecule is NC(=O)N1CCC(c2cccc(F)c2)CC1. The summed E-state index contributed by atoms with van der Waals surface area (Å²) in [6.45, 7) is 1.33. The molecule has 2 N–H and O–H groups in total. The topological polar surface area (TPSA) is 46.3 Å². The summed E-state index contributed by atoms with van der Waals surface area (Å²) in [6, 6.07) is 6.32. The fourth-order valence-electron chi connectivity index (χ4n) is 2.19. The van der Waals surface area contributed by atoms with E-state index >= 15 is 0 Å². The summed E-state index contributed by atoms with van der Waals surface area (Å²) in [5, 5.41) is 0. The standard InChI is InChI=1S/C12H15FN2O/c13-11-3-1-2-10(8-11)9-4-6-15(7-5-9)12(14)16/h1-3,8-9H,4-7H2,(H2,14,16). The highest BCUT2D eigenvalue weighted by Gasteiger charge is 2.22. The van der Waals surface area contributed by atoms with Crippen LogP contribution in [0.4, 0.5) is 9.18 Å². The molecule has 0 aromatic heterocycles. The maximum Gasteiger partial charge on any atom is 0.314 e. The van der Waals surface area contributed by atoms with E-state index in [1.807, 2.05) is 6.07 Å². The highest BCUT2D eigenvalue weighted by atomic mass is 19.1. The summed E-state index contributed by atoms with van der Waals surface area (Å²) in [5.74, 6) is 0.140. The number of primary amides is 1. The molecule has 2 amide bonds. The van der Waals surface area contributed by atoms with Crippen LogP contribution in [0.2, 0.25) is 0 Å². The summed E-state index contributed by atoms with van der Waals surface area (Å²) in [4.78, 5) is 12.6. The Hall–Kier alpha value is -1.58. The number of rotatable bonds is 1. The second-order valence-corrected chi connectivity index (χ2v) is 4.15. The lowest BCUT2D eigenvalue weighted by atomic mass is 9.89. The van der Waals surface area contributed by atoms with Gasteiger partial charge in [-0.2, -0.15) is 0 Å². The van der Waals surface area contributed by atoms with E-state index in [0.717, 1.165) is 18.4 Å². The maximum atomic E-state index is 13.0. The van der Waals surface area contributed by atoms with Crippen molar-refractivity contribution in [1.82, 2.24) is 4.90 Å². The van der Waals surface area contributed by atoms with Crippen molar-refractivity contribution < 1.29 is 9.18 Å². The quantitative estimate of drug-likeness (QED) is 0.777. The van der Waals surface area contributed by atoms with E-state index in [4.69, 9.17) is 5.73 Å². The molecule has 0 radical (unpaired) electrons. The number of likely N-dealkylation sites (tertiary alicyclic amines) is 1. The maximum absolute atomic E-state index is 13.0. The molecule has 4 heteroatoms. The van der Waals surface area contributed by atoms with Gasteiger partial charge < -0.3 is 10.6 Å². The molecule has 1 aromatic carbocycles. The number of hydrogen-bond donors (Lipinski definition) is 1. The number of halogens is 1. The van der Waals surface area contributed by atoms with Crippen molar-refractivity contribution in [2.75, 3.05) is 13.1 Å². The molecule has 3 nitrogen and oxygen atoms in total. The molecule has 0 saturated carbocycles. The van der Waals surface area contributed by atoms with E-state index in [1.165, 1.54) is 6.07 Å². The van der Waals surface area contributed by atoms with Crippen molar-refractivity contribution in [2.24, 2.45) is 5.73 Å². The number of nitrogens with zero attached hydrogens (tertiary/aromatic N) is 1. The lowest BCUT2D eigenvalue weighted by molar-refractivity contribution is 0.190. The number of piperidine rings is 1. The Kier molecular flexibility index (Phi) is 3.08. The van der Waals surface area contributed by atoms with Gasteiger partial charge in [-0.15, -0.1) is 0 Å². The lowest BCUT2D eigenvalue weighted by Gasteiger charge is -2.30. The summed E-state index contributed by atoms with van der Waals surface area (Å²) in [7, 11) is 0. The highest BCUT2D eigenvalue weighted by molar-refractivity contribution is 5.72. The molecule has 1 fully saturated rings. The number of amides is 2. The summed E-state index contributed by atoms with van der Waals surface area (Å²) in [6.07, 6.45) is 1.71. The molecule has 0 atom stereocenters. The van der Waals surface area contributed by atoms with Crippen LogP contribution in [0.3, 0.4) is 0 Å². The molecule has 86 valence electrons. The van der Waals surface area contributed by atoms with Gasteiger partial charge >= 0.3 is 6.03 Å². The van der Waals surface area contributed by atoms with Crippen molar-refractivity contribution in [2.45, 2.75) is 18.8 Å².